The molecule has 0 aliphatic rings. The van der Waals surface area contributed by atoms with E-state index >= 15 is 0 Å². The third kappa shape index (κ3) is 5.47. The van der Waals surface area contributed by atoms with Crippen LogP contribution in [0.25, 0.3) is 0 Å². The van der Waals surface area contributed by atoms with Gasteiger partial charge in [0.1, 0.15) is 0 Å². The van der Waals surface area contributed by atoms with Gasteiger partial charge >= 0.3 is 0 Å². The highest BCUT2D eigenvalue weighted by Gasteiger charge is 2.20. The minimum Gasteiger partial charge on any atom is -0.326 e. The second kappa shape index (κ2) is 8.56. The summed E-state index contributed by atoms with van der Waals surface area (Å²) in [4.78, 5) is 12.2. The van der Waals surface area contributed by atoms with Gasteiger partial charge in [-0.05, 0) is 48.7 Å². The zero-order chi connectivity index (χ0) is 19.3. The van der Waals surface area contributed by atoms with E-state index in [0.717, 1.165) is 18.2 Å². The summed E-state index contributed by atoms with van der Waals surface area (Å²) in [6.45, 7) is 3.91. The average Bonchev–Trinajstić information content (AvgIpc) is 2.57. The maximum absolute atomic E-state index is 12.2. The maximum atomic E-state index is 12.2. The Labute approximate surface area is 160 Å². The first-order valence-corrected chi connectivity index (χ1v) is 10.6. The molecule has 5 nitrogen and oxygen atoms in total. The van der Waals surface area contributed by atoms with Gasteiger partial charge in [0.15, 0.2) is 0 Å². The van der Waals surface area contributed by atoms with E-state index in [1.165, 1.54) is 9.87 Å². The fourth-order valence-corrected chi connectivity index (χ4v) is 3.71. The molecule has 2 aromatic carbocycles. The lowest BCUT2D eigenvalue weighted by molar-refractivity contribution is -0.116. The molecule has 2 rings (SSSR count). The second-order valence-corrected chi connectivity index (χ2v) is 8.46. The average molecular weight is 395 g/mol. The Balaban J connectivity index is 2.09. The van der Waals surface area contributed by atoms with E-state index in [1.54, 1.807) is 25.1 Å². The van der Waals surface area contributed by atoms with Crippen LogP contribution in [0.3, 0.4) is 0 Å². The quantitative estimate of drug-likeness (QED) is 0.771. The van der Waals surface area contributed by atoms with Crippen LogP contribution in [0.2, 0.25) is 5.02 Å². The highest BCUT2D eigenvalue weighted by atomic mass is 35.5. The van der Waals surface area contributed by atoms with Crippen LogP contribution in [0, 0.1) is 6.92 Å². The molecule has 140 valence electrons. The Kier molecular flexibility index (Phi) is 6.67. The number of amides is 1. The molecule has 0 radical (unpaired) electrons. The summed E-state index contributed by atoms with van der Waals surface area (Å²) < 4.78 is 25.6. The molecule has 1 amide bonds. The van der Waals surface area contributed by atoms with Crippen LogP contribution in [-0.2, 0) is 21.2 Å². The third-order valence-electron chi connectivity index (χ3n) is 4.03. The number of nitrogens with one attached hydrogen (secondary N) is 1. The normalized spacial score (nSPS) is 11.2. The standard InChI is InChI=1S/C19H23ClN2O3S/c1-4-15-6-9-17(10-7-15)21-19(23)11-12-22(26(3,24)25)18-13-16(20)8-5-14(18)2/h5-10,13H,4,11-12H2,1-3H3,(H,21,23). The molecule has 0 saturated heterocycles. The van der Waals surface area contributed by atoms with Gasteiger partial charge in [0, 0.05) is 23.7 Å². The molecule has 0 aliphatic heterocycles. The van der Waals surface area contributed by atoms with Crippen molar-refractivity contribution in [2.45, 2.75) is 26.7 Å². The molecule has 0 aromatic heterocycles. The lowest BCUT2D eigenvalue weighted by atomic mass is 10.1. The third-order valence-corrected chi connectivity index (χ3v) is 5.44. The van der Waals surface area contributed by atoms with Crippen molar-refractivity contribution in [2.24, 2.45) is 0 Å². The second-order valence-electron chi connectivity index (χ2n) is 6.11. The van der Waals surface area contributed by atoms with E-state index in [1.807, 2.05) is 24.3 Å². The molecule has 0 atom stereocenters. The van der Waals surface area contributed by atoms with E-state index in [4.69, 9.17) is 11.6 Å². The van der Waals surface area contributed by atoms with Crippen LogP contribution >= 0.6 is 11.6 Å². The number of carbonyl (C=O) groups excluding carboxylic acids is 1. The Morgan fingerprint density at radius 1 is 1.15 bits per heavy atom. The fraction of sp³-hybridized carbons (Fsp3) is 0.316. The van der Waals surface area contributed by atoms with Gasteiger partial charge in [0.2, 0.25) is 15.9 Å². The van der Waals surface area contributed by atoms with Gasteiger partial charge in [-0.2, -0.15) is 0 Å². The van der Waals surface area contributed by atoms with Crippen molar-refractivity contribution >= 4 is 38.9 Å². The molecule has 2 aromatic rings. The smallest absolute Gasteiger partial charge is 0.232 e. The largest absolute Gasteiger partial charge is 0.326 e. The molecule has 0 saturated carbocycles. The van der Waals surface area contributed by atoms with E-state index in [-0.39, 0.29) is 18.9 Å². The zero-order valence-corrected chi connectivity index (χ0v) is 16.7. The first-order valence-electron chi connectivity index (χ1n) is 8.33. The summed E-state index contributed by atoms with van der Waals surface area (Å²) in [6.07, 6.45) is 2.08. The van der Waals surface area contributed by atoms with E-state index in [9.17, 15) is 13.2 Å². The Bertz CT molecular complexity index is 880. The summed E-state index contributed by atoms with van der Waals surface area (Å²) in [6, 6.07) is 12.6. The number of nitrogens with zero attached hydrogens (tertiary/aromatic N) is 1. The minimum absolute atomic E-state index is 0.0363. The van der Waals surface area contributed by atoms with Gasteiger partial charge in [-0.3, -0.25) is 9.10 Å². The molecule has 0 aliphatic carbocycles. The van der Waals surface area contributed by atoms with Crippen molar-refractivity contribution in [3.05, 3.63) is 58.6 Å². The lowest BCUT2D eigenvalue weighted by Gasteiger charge is -2.24. The van der Waals surface area contributed by atoms with Gasteiger partial charge in [0.25, 0.3) is 0 Å². The molecule has 0 unspecified atom stereocenters. The molecule has 0 heterocycles. The van der Waals surface area contributed by atoms with E-state index in [0.29, 0.717) is 16.4 Å². The number of sulfonamides is 1. The molecule has 1 N–H and O–H groups in total. The van der Waals surface area contributed by atoms with E-state index < -0.39 is 10.0 Å². The number of carbonyl (C=O) groups is 1. The predicted molar refractivity (Wildman–Crippen MR) is 107 cm³/mol. The number of benzene rings is 2. The molecule has 26 heavy (non-hydrogen) atoms. The minimum atomic E-state index is -3.54. The predicted octanol–water partition coefficient (Wildman–Crippen LogP) is 4.01. The molecular weight excluding hydrogens is 372 g/mol. The van der Waals surface area contributed by atoms with Gasteiger partial charge in [-0.1, -0.05) is 36.7 Å². The van der Waals surface area contributed by atoms with Crippen LogP contribution in [-0.4, -0.2) is 27.1 Å². The van der Waals surface area contributed by atoms with Crippen LogP contribution in [0.5, 0.6) is 0 Å². The Hall–Kier alpha value is -2.05. The van der Waals surface area contributed by atoms with Gasteiger partial charge < -0.3 is 5.32 Å². The number of anilines is 2. The highest BCUT2D eigenvalue weighted by molar-refractivity contribution is 7.92. The van der Waals surface area contributed by atoms with Crippen LogP contribution in [0.4, 0.5) is 11.4 Å². The molecule has 0 spiro atoms. The van der Waals surface area contributed by atoms with Crippen molar-refractivity contribution in [1.82, 2.24) is 0 Å². The number of hydrogen-bond acceptors (Lipinski definition) is 3. The Morgan fingerprint density at radius 2 is 1.81 bits per heavy atom. The number of rotatable bonds is 7. The summed E-state index contributed by atoms with van der Waals surface area (Å²) in [5, 5.41) is 3.24. The molecule has 0 fully saturated rings. The van der Waals surface area contributed by atoms with Crippen molar-refractivity contribution in [2.75, 3.05) is 22.4 Å². The zero-order valence-electron chi connectivity index (χ0n) is 15.1. The van der Waals surface area contributed by atoms with Crippen molar-refractivity contribution < 1.29 is 13.2 Å². The summed E-state index contributed by atoms with van der Waals surface area (Å²) in [5.41, 5.74) is 3.13. The van der Waals surface area contributed by atoms with E-state index in [2.05, 4.69) is 12.2 Å². The fourth-order valence-electron chi connectivity index (χ4n) is 2.57. The van der Waals surface area contributed by atoms with Crippen molar-refractivity contribution in [3.63, 3.8) is 0 Å². The van der Waals surface area contributed by atoms with Gasteiger partial charge in [-0.25, -0.2) is 8.42 Å². The Morgan fingerprint density at radius 3 is 2.38 bits per heavy atom. The van der Waals surface area contributed by atoms with Gasteiger partial charge in [0.05, 0.1) is 11.9 Å². The number of halogens is 1. The van der Waals surface area contributed by atoms with Crippen molar-refractivity contribution in [1.29, 1.82) is 0 Å². The summed E-state index contributed by atoms with van der Waals surface area (Å²) in [7, 11) is -3.54. The maximum Gasteiger partial charge on any atom is 0.232 e. The molecule has 0 bridgehead atoms. The van der Waals surface area contributed by atoms with Crippen LogP contribution in [0.1, 0.15) is 24.5 Å². The highest BCUT2D eigenvalue weighted by Crippen LogP contribution is 2.26. The number of hydrogen-bond donors (Lipinski definition) is 1. The summed E-state index contributed by atoms with van der Waals surface area (Å²) in [5.74, 6) is -0.248. The summed E-state index contributed by atoms with van der Waals surface area (Å²) >= 11 is 6.00. The first kappa shape index (κ1) is 20.3. The first-order chi connectivity index (χ1) is 12.2. The van der Waals surface area contributed by atoms with Crippen LogP contribution < -0.4 is 9.62 Å². The molecule has 7 heteroatoms. The van der Waals surface area contributed by atoms with Crippen LogP contribution in [0.15, 0.2) is 42.5 Å². The SMILES string of the molecule is CCc1ccc(NC(=O)CCN(c2cc(Cl)ccc2C)S(C)(=O)=O)cc1. The van der Waals surface area contributed by atoms with Gasteiger partial charge in [-0.15, -0.1) is 0 Å². The number of aryl methyl sites for hydroxylation is 2. The van der Waals surface area contributed by atoms with Crippen molar-refractivity contribution in [3.8, 4) is 0 Å². The topological polar surface area (TPSA) is 66.5 Å². The monoisotopic (exact) mass is 394 g/mol. The molecular formula is C19H23ClN2O3S. The lowest BCUT2D eigenvalue weighted by Crippen LogP contribution is -2.33.